The van der Waals surface area contributed by atoms with Gasteiger partial charge in [0.1, 0.15) is 5.75 Å². The van der Waals surface area contributed by atoms with Gasteiger partial charge in [0.05, 0.1) is 11.3 Å². The van der Waals surface area contributed by atoms with E-state index in [0.717, 1.165) is 17.2 Å². The van der Waals surface area contributed by atoms with Crippen molar-refractivity contribution in [2.45, 2.75) is 20.0 Å². The van der Waals surface area contributed by atoms with Crippen LogP contribution in [0.4, 0.5) is 18.9 Å². The number of alkyl halides is 3. The van der Waals surface area contributed by atoms with Crippen LogP contribution in [0.5, 0.6) is 5.75 Å². The van der Waals surface area contributed by atoms with E-state index in [1.54, 1.807) is 13.0 Å². The third-order valence-electron chi connectivity index (χ3n) is 3.61. The van der Waals surface area contributed by atoms with Gasteiger partial charge < -0.3 is 14.8 Å². The minimum Gasteiger partial charge on any atom is -0.482 e. The lowest BCUT2D eigenvalue weighted by molar-refractivity contribution is -0.149. The van der Waals surface area contributed by atoms with Gasteiger partial charge >= 0.3 is 12.1 Å². The topological polar surface area (TPSA) is 64.6 Å². The predicted octanol–water partition coefficient (Wildman–Crippen LogP) is 4.54. The number of carbonyl (C=O) groups is 2. The summed E-state index contributed by atoms with van der Waals surface area (Å²) in [6, 6.07) is 8.38. The first-order valence-corrected chi connectivity index (χ1v) is 8.46. The fraction of sp³-hybridized carbons (Fsp3) is 0.263. The van der Waals surface area contributed by atoms with E-state index >= 15 is 0 Å². The summed E-state index contributed by atoms with van der Waals surface area (Å²) in [7, 11) is 0. The molecule has 9 heteroatoms. The SMILES string of the molecule is Cc1ccc(C)c(OCC(=O)OCC(=O)Nc2ccc(Cl)cc2C(F)(F)F)c1. The summed E-state index contributed by atoms with van der Waals surface area (Å²) >= 11 is 5.57. The maximum Gasteiger partial charge on any atom is 0.418 e. The van der Waals surface area contributed by atoms with Gasteiger partial charge in [-0.2, -0.15) is 13.2 Å². The zero-order valence-electron chi connectivity index (χ0n) is 15.0. The van der Waals surface area contributed by atoms with Crippen LogP contribution in [0.3, 0.4) is 0 Å². The van der Waals surface area contributed by atoms with Crippen molar-refractivity contribution in [3.63, 3.8) is 0 Å². The van der Waals surface area contributed by atoms with Crippen molar-refractivity contribution < 1.29 is 32.2 Å². The first-order chi connectivity index (χ1) is 13.1. The van der Waals surface area contributed by atoms with Crippen LogP contribution in [0.1, 0.15) is 16.7 Å². The zero-order valence-corrected chi connectivity index (χ0v) is 15.8. The molecule has 2 aromatic carbocycles. The molecule has 0 saturated heterocycles. The Morgan fingerprint density at radius 2 is 1.79 bits per heavy atom. The molecule has 0 aliphatic rings. The molecule has 0 saturated carbocycles. The largest absolute Gasteiger partial charge is 0.482 e. The van der Waals surface area contributed by atoms with Crippen molar-refractivity contribution in [2.24, 2.45) is 0 Å². The number of anilines is 1. The van der Waals surface area contributed by atoms with Gasteiger partial charge in [0.25, 0.3) is 5.91 Å². The molecule has 0 fully saturated rings. The number of nitrogens with one attached hydrogen (secondary N) is 1. The summed E-state index contributed by atoms with van der Waals surface area (Å²) in [5.41, 5.74) is 0.179. The van der Waals surface area contributed by atoms with Gasteiger partial charge in [0.2, 0.25) is 0 Å². The molecule has 0 spiro atoms. The maximum atomic E-state index is 13.0. The highest BCUT2D eigenvalue weighted by molar-refractivity contribution is 6.30. The Morgan fingerprint density at radius 3 is 2.46 bits per heavy atom. The summed E-state index contributed by atoms with van der Waals surface area (Å²) in [6.07, 6.45) is -4.70. The average Bonchev–Trinajstić information content (AvgIpc) is 2.61. The third kappa shape index (κ3) is 6.16. The standard InChI is InChI=1S/C19H17ClF3NO4/c1-11-3-4-12(2)16(7-11)27-10-18(26)28-9-17(25)24-15-6-5-13(20)8-14(15)19(21,22)23/h3-8H,9-10H2,1-2H3,(H,24,25). The molecule has 0 bridgehead atoms. The number of benzene rings is 2. The van der Waals surface area contributed by atoms with Crippen LogP contribution in [-0.4, -0.2) is 25.1 Å². The van der Waals surface area contributed by atoms with Crippen molar-refractivity contribution >= 4 is 29.2 Å². The fourth-order valence-corrected chi connectivity index (χ4v) is 2.41. The Balaban J connectivity index is 1.89. The number of aryl methyl sites for hydroxylation is 2. The molecule has 0 unspecified atom stereocenters. The molecular formula is C19H17ClF3NO4. The monoisotopic (exact) mass is 415 g/mol. The quantitative estimate of drug-likeness (QED) is 0.704. The number of ether oxygens (including phenoxy) is 2. The molecule has 1 amide bonds. The van der Waals surface area contributed by atoms with E-state index in [1.165, 1.54) is 6.07 Å². The molecule has 0 heterocycles. The highest BCUT2D eigenvalue weighted by Crippen LogP contribution is 2.36. The zero-order chi connectivity index (χ0) is 20.9. The van der Waals surface area contributed by atoms with Gasteiger partial charge in [0.15, 0.2) is 13.2 Å². The van der Waals surface area contributed by atoms with Crippen LogP contribution < -0.4 is 10.1 Å². The molecule has 1 N–H and O–H groups in total. The molecule has 28 heavy (non-hydrogen) atoms. The minimum atomic E-state index is -4.70. The highest BCUT2D eigenvalue weighted by Gasteiger charge is 2.34. The van der Waals surface area contributed by atoms with E-state index in [9.17, 15) is 22.8 Å². The molecule has 2 aromatic rings. The highest BCUT2D eigenvalue weighted by atomic mass is 35.5. The van der Waals surface area contributed by atoms with Crippen LogP contribution in [0.2, 0.25) is 5.02 Å². The molecule has 150 valence electrons. The molecule has 0 aromatic heterocycles. The summed E-state index contributed by atoms with van der Waals surface area (Å²) in [5.74, 6) is -1.26. The van der Waals surface area contributed by atoms with E-state index < -0.39 is 42.5 Å². The number of halogens is 4. The van der Waals surface area contributed by atoms with Crippen LogP contribution in [0, 0.1) is 13.8 Å². The lowest BCUT2D eigenvalue weighted by Gasteiger charge is -2.14. The van der Waals surface area contributed by atoms with Crippen molar-refractivity contribution in [1.82, 2.24) is 0 Å². The molecular weight excluding hydrogens is 399 g/mol. The van der Waals surface area contributed by atoms with Crippen LogP contribution in [0.15, 0.2) is 36.4 Å². The van der Waals surface area contributed by atoms with Gasteiger partial charge in [-0.3, -0.25) is 4.79 Å². The van der Waals surface area contributed by atoms with E-state index in [2.05, 4.69) is 5.32 Å². The second kappa shape index (κ2) is 8.97. The second-order valence-corrected chi connectivity index (χ2v) is 6.39. The lowest BCUT2D eigenvalue weighted by atomic mass is 10.1. The number of esters is 1. The summed E-state index contributed by atoms with van der Waals surface area (Å²) < 4.78 is 49.1. The minimum absolute atomic E-state index is 0.125. The van der Waals surface area contributed by atoms with Crippen molar-refractivity contribution in [3.05, 3.63) is 58.1 Å². The number of rotatable bonds is 6. The van der Waals surface area contributed by atoms with Crippen molar-refractivity contribution in [3.8, 4) is 5.75 Å². The summed E-state index contributed by atoms with van der Waals surface area (Å²) in [5, 5.41) is 1.93. The molecule has 0 atom stereocenters. The molecule has 0 aliphatic heterocycles. The summed E-state index contributed by atoms with van der Waals surface area (Å²) in [6.45, 7) is 2.47. The Hall–Kier alpha value is -2.74. The number of hydrogen-bond acceptors (Lipinski definition) is 4. The first kappa shape index (κ1) is 21.6. The molecule has 5 nitrogen and oxygen atoms in total. The Bertz CT molecular complexity index is 884. The molecule has 0 aliphatic carbocycles. The van der Waals surface area contributed by atoms with Gasteiger partial charge in [-0.15, -0.1) is 0 Å². The summed E-state index contributed by atoms with van der Waals surface area (Å²) in [4.78, 5) is 23.5. The third-order valence-corrected chi connectivity index (χ3v) is 3.85. The molecule has 2 rings (SSSR count). The Morgan fingerprint density at radius 1 is 1.07 bits per heavy atom. The number of hydrogen-bond donors (Lipinski definition) is 1. The molecule has 0 radical (unpaired) electrons. The van der Waals surface area contributed by atoms with Crippen molar-refractivity contribution in [1.29, 1.82) is 0 Å². The average molecular weight is 416 g/mol. The fourth-order valence-electron chi connectivity index (χ4n) is 2.23. The van der Waals surface area contributed by atoms with Gasteiger partial charge in [-0.1, -0.05) is 23.7 Å². The first-order valence-electron chi connectivity index (χ1n) is 8.08. The second-order valence-electron chi connectivity index (χ2n) is 5.95. The van der Waals surface area contributed by atoms with Crippen LogP contribution in [0.25, 0.3) is 0 Å². The maximum absolute atomic E-state index is 13.0. The van der Waals surface area contributed by atoms with E-state index in [4.69, 9.17) is 21.1 Å². The Kier molecular flexibility index (Phi) is 6.90. The van der Waals surface area contributed by atoms with Gasteiger partial charge in [-0.25, -0.2) is 4.79 Å². The number of carbonyl (C=O) groups excluding carboxylic acids is 2. The van der Waals surface area contributed by atoms with E-state index in [1.807, 2.05) is 19.1 Å². The smallest absolute Gasteiger partial charge is 0.418 e. The van der Waals surface area contributed by atoms with E-state index in [0.29, 0.717) is 11.8 Å². The predicted molar refractivity (Wildman–Crippen MR) is 97.5 cm³/mol. The van der Waals surface area contributed by atoms with E-state index in [-0.39, 0.29) is 5.02 Å². The normalized spacial score (nSPS) is 11.1. The van der Waals surface area contributed by atoms with Crippen LogP contribution in [-0.2, 0) is 20.5 Å². The van der Waals surface area contributed by atoms with Crippen molar-refractivity contribution in [2.75, 3.05) is 18.5 Å². The lowest BCUT2D eigenvalue weighted by Crippen LogP contribution is -2.25. The van der Waals surface area contributed by atoms with Gasteiger partial charge in [0, 0.05) is 5.02 Å². The van der Waals surface area contributed by atoms with Gasteiger partial charge in [-0.05, 0) is 49.2 Å². The number of amides is 1. The Labute approximate surface area is 164 Å². The van der Waals surface area contributed by atoms with Crippen LogP contribution >= 0.6 is 11.6 Å².